The number of rotatable bonds is 6. The van der Waals surface area contributed by atoms with Crippen LogP contribution in [0.3, 0.4) is 0 Å². The molecule has 0 aromatic heterocycles. The Balaban J connectivity index is 1.54. The first-order valence-corrected chi connectivity index (χ1v) is 14.2. The first-order chi connectivity index (χ1) is 20.9. The van der Waals surface area contributed by atoms with Crippen LogP contribution in [0, 0.1) is 12.8 Å². The smallest absolute Gasteiger partial charge is 0.238 e. The van der Waals surface area contributed by atoms with Crippen LogP contribution >= 0.6 is 0 Å². The summed E-state index contributed by atoms with van der Waals surface area (Å²) < 4.78 is 11.1. The van der Waals surface area contributed by atoms with Gasteiger partial charge in [-0.3, -0.25) is 14.4 Å². The summed E-state index contributed by atoms with van der Waals surface area (Å²) in [4.78, 5) is 46.3. The highest BCUT2D eigenvalue weighted by Crippen LogP contribution is 2.62. The van der Waals surface area contributed by atoms with Crippen molar-refractivity contribution in [2.75, 3.05) is 19.5 Å². The lowest BCUT2D eigenvalue weighted by atomic mass is 9.62. The van der Waals surface area contributed by atoms with Crippen LogP contribution in [0.1, 0.15) is 49.0 Å². The van der Waals surface area contributed by atoms with Crippen molar-refractivity contribution in [1.82, 2.24) is 4.90 Å². The highest BCUT2D eigenvalue weighted by atomic mass is 16.5. The number of ketones is 2. The average Bonchev–Trinajstić information content (AvgIpc) is 3.52. The van der Waals surface area contributed by atoms with Crippen molar-refractivity contribution in [3.8, 4) is 11.5 Å². The van der Waals surface area contributed by atoms with Crippen LogP contribution in [-0.4, -0.2) is 42.6 Å². The maximum absolute atomic E-state index is 15.1. The molecule has 7 rings (SSSR count). The van der Waals surface area contributed by atoms with E-state index in [0.717, 1.165) is 16.7 Å². The fourth-order valence-electron chi connectivity index (χ4n) is 7.23. The SMILES string of the molecule is COc1ccc(C(=O)[C@@H]2[C@@H](C(=O)c3ccc(C)cc3)N3C=Cc4ccccc4[C@@H]3[C@@]23C(=O)Nc2ccccc23)c(OC)c1. The number of ether oxygens (including phenoxy) is 2. The molecule has 1 N–H and O–H groups in total. The van der Waals surface area contributed by atoms with Gasteiger partial charge in [0.25, 0.3) is 0 Å². The van der Waals surface area contributed by atoms with Crippen molar-refractivity contribution in [2.45, 2.75) is 24.4 Å². The first kappa shape index (κ1) is 26.7. The number of carbonyl (C=O) groups excluding carboxylic acids is 3. The Kier molecular flexibility index (Phi) is 6.20. The number of benzene rings is 4. The van der Waals surface area contributed by atoms with Crippen molar-refractivity contribution in [3.05, 3.63) is 131 Å². The molecule has 0 aliphatic carbocycles. The minimum Gasteiger partial charge on any atom is -0.497 e. The van der Waals surface area contributed by atoms with Crippen LogP contribution in [0.25, 0.3) is 6.08 Å². The predicted molar refractivity (Wildman–Crippen MR) is 163 cm³/mol. The lowest BCUT2D eigenvalue weighted by Crippen LogP contribution is -2.49. The van der Waals surface area contributed by atoms with Gasteiger partial charge in [0.15, 0.2) is 11.6 Å². The van der Waals surface area contributed by atoms with E-state index in [1.807, 2.05) is 84.8 Å². The largest absolute Gasteiger partial charge is 0.497 e. The summed E-state index contributed by atoms with van der Waals surface area (Å²) in [5.74, 6) is -1.13. The predicted octanol–water partition coefficient (Wildman–Crippen LogP) is 5.99. The second-order valence-electron chi connectivity index (χ2n) is 11.2. The second-order valence-corrected chi connectivity index (χ2v) is 11.2. The van der Waals surface area contributed by atoms with Gasteiger partial charge in [0, 0.05) is 23.5 Å². The maximum Gasteiger partial charge on any atom is 0.238 e. The van der Waals surface area contributed by atoms with Crippen LogP contribution in [0.5, 0.6) is 11.5 Å². The number of carbonyl (C=O) groups is 3. The summed E-state index contributed by atoms with van der Waals surface area (Å²) in [6, 6.07) is 26.1. The van der Waals surface area contributed by atoms with Crippen LogP contribution in [-0.2, 0) is 10.2 Å². The van der Waals surface area contributed by atoms with Crippen LogP contribution in [0.15, 0.2) is 97.2 Å². The molecule has 4 atom stereocenters. The molecular weight excluding hydrogens is 540 g/mol. The molecule has 0 unspecified atom stereocenters. The van der Waals surface area contributed by atoms with Gasteiger partial charge in [-0.2, -0.15) is 0 Å². The molecule has 1 fully saturated rings. The van der Waals surface area contributed by atoms with Gasteiger partial charge in [-0.1, -0.05) is 72.3 Å². The Morgan fingerprint density at radius 1 is 0.860 bits per heavy atom. The quantitative estimate of drug-likeness (QED) is 0.287. The number of nitrogens with zero attached hydrogens (tertiary/aromatic N) is 1. The topological polar surface area (TPSA) is 84.9 Å². The number of aryl methyl sites for hydroxylation is 1. The Morgan fingerprint density at radius 2 is 1.60 bits per heavy atom. The van der Waals surface area contributed by atoms with E-state index < -0.39 is 23.4 Å². The molecule has 43 heavy (non-hydrogen) atoms. The van der Waals surface area contributed by atoms with Crippen molar-refractivity contribution >= 4 is 29.2 Å². The van der Waals surface area contributed by atoms with Gasteiger partial charge in [-0.25, -0.2) is 0 Å². The normalized spacial score (nSPS) is 22.9. The lowest BCUT2D eigenvalue weighted by molar-refractivity contribution is -0.122. The fourth-order valence-corrected chi connectivity index (χ4v) is 7.23. The summed E-state index contributed by atoms with van der Waals surface area (Å²) >= 11 is 0. The molecule has 4 aromatic carbocycles. The molecule has 3 aliphatic heterocycles. The molecule has 1 amide bonds. The van der Waals surface area contributed by atoms with Gasteiger partial charge in [0.05, 0.1) is 31.7 Å². The van der Waals surface area contributed by atoms with Gasteiger partial charge in [0.2, 0.25) is 5.91 Å². The summed E-state index contributed by atoms with van der Waals surface area (Å²) in [6.07, 6.45) is 3.83. The number of nitrogens with one attached hydrogen (secondary N) is 1. The van der Waals surface area contributed by atoms with Crippen molar-refractivity contribution in [1.29, 1.82) is 0 Å². The summed E-state index contributed by atoms with van der Waals surface area (Å²) in [5.41, 5.74) is 3.53. The lowest BCUT2D eigenvalue weighted by Gasteiger charge is -2.38. The number of fused-ring (bicyclic) bond motifs is 6. The minimum atomic E-state index is -1.41. The molecule has 0 saturated carbocycles. The van der Waals surface area contributed by atoms with E-state index in [2.05, 4.69) is 5.32 Å². The Bertz CT molecular complexity index is 1830. The number of amides is 1. The van der Waals surface area contributed by atoms with Crippen molar-refractivity contribution < 1.29 is 23.9 Å². The number of hydrogen-bond donors (Lipinski definition) is 1. The Morgan fingerprint density at radius 3 is 2.37 bits per heavy atom. The van der Waals surface area contributed by atoms with E-state index in [4.69, 9.17) is 9.47 Å². The highest BCUT2D eigenvalue weighted by molar-refractivity contribution is 6.17. The maximum atomic E-state index is 15.1. The molecule has 7 heteroatoms. The molecule has 7 nitrogen and oxygen atoms in total. The van der Waals surface area contributed by atoms with E-state index >= 15 is 4.79 Å². The fraction of sp³-hybridized carbons (Fsp3) is 0.194. The third-order valence-electron chi connectivity index (χ3n) is 9.13. The van der Waals surface area contributed by atoms with Crippen LogP contribution in [0.4, 0.5) is 5.69 Å². The van der Waals surface area contributed by atoms with E-state index in [-0.39, 0.29) is 23.0 Å². The van der Waals surface area contributed by atoms with Crippen molar-refractivity contribution in [3.63, 3.8) is 0 Å². The van der Waals surface area contributed by atoms with Gasteiger partial charge >= 0.3 is 0 Å². The molecule has 3 aliphatic rings. The zero-order valence-corrected chi connectivity index (χ0v) is 24.0. The van der Waals surface area contributed by atoms with Crippen LogP contribution < -0.4 is 14.8 Å². The first-order valence-electron chi connectivity index (χ1n) is 14.2. The molecule has 0 bridgehead atoms. The highest BCUT2D eigenvalue weighted by Gasteiger charge is 2.70. The van der Waals surface area contributed by atoms with Gasteiger partial charge in [-0.15, -0.1) is 0 Å². The monoisotopic (exact) mass is 570 g/mol. The molecular formula is C36H30N2O5. The molecule has 214 valence electrons. The van der Waals surface area contributed by atoms with Crippen molar-refractivity contribution in [2.24, 2.45) is 5.92 Å². The molecule has 1 saturated heterocycles. The molecule has 4 aromatic rings. The Labute approximate surface area is 249 Å². The Hall–Kier alpha value is -5.17. The third-order valence-corrected chi connectivity index (χ3v) is 9.13. The summed E-state index contributed by atoms with van der Waals surface area (Å²) in [7, 11) is 3.03. The number of Topliss-reactive ketones (excluding diaryl/α,β-unsaturated/α-hetero) is 2. The number of hydrogen-bond acceptors (Lipinski definition) is 6. The average molecular weight is 571 g/mol. The van der Waals surface area contributed by atoms with Gasteiger partial charge in [0.1, 0.15) is 23.0 Å². The van der Waals surface area contributed by atoms with Gasteiger partial charge in [-0.05, 0) is 47.9 Å². The molecule has 3 heterocycles. The van der Waals surface area contributed by atoms with E-state index in [9.17, 15) is 9.59 Å². The molecule has 1 spiro atoms. The number of para-hydroxylation sites is 1. The molecule has 0 radical (unpaired) electrons. The summed E-state index contributed by atoms with van der Waals surface area (Å²) in [6.45, 7) is 1.96. The van der Waals surface area contributed by atoms with E-state index in [1.54, 1.807) is 37.4 Å². The number of methoxy groups -OCH3 is 2. The van der Waals surface area contributed by atoms with E-state index in [1.165, 1.54) is 7.11 Å². The third kappa shape index (κ3) is 3.77. The van der Waals surface area contributed by atoms with Gasteiger partial charge < -0.3 is 19.7 Å². The van der Waals surface area contributed by atoms with E-state index in [0.29, 0.717) is 28.3 Å². The minimum absolute atomic E-state index is 0.228. The summed E-state index contributed by atoms with van der Waals surface area (Å²) in [5, 5.41) is 3.08. The number of anilines is 1. The zero-order valence-electron chi connectivity index (χ0n) is 24.0. The standard InChI is InChI=1S/C36H30N2O5/c1-21-12-14-23(15-13-21)32(39)31-30(33(40)26-17-16-24(42-2)20-29(26)43-3)36(27-10-6-7-11-28(27)37-35(36)41)34-25-9-5-4-8-22(25)18-19-38(31)34/h4-20,30-31,34H,1-3H3,(H,37,41)/t30-,31-,34+,36-/m0/s1. The van der Waals surface area contributed by atoms with Crippen LogP contribution in [0.2, 0.25) is 0 Å². The second kappa shape index (κ2) is 9.98. The zero-order chi connectivity index (χ0) is 29.9.